The Morgan fingerprint density at radius 1 is 0.947 bits per heavy atom. The van der Waals surface area contributed by atoms with Crippen LogP contribution in [0.3, 0.4) is 0 Å². The molecule has 0 spiro atoms. The summed E-state index contributed by atoms with van der Waals surface area (Å²) in [5.41, 5.74) is 3.61. The molecule has 0 saturated carbocycles. The van der Waals surface area contributed by atoms with Crippen molar-refractivity contribution in [3.05, 3.63) is 112 Å². The highest BCUT2D eigenvalue weighted by Crippen LogP contribution is 2.41. The van der Waals surface area contributed by atoms with Crippen molar-refractivity contribution >= 4 is 35.0 Å². The van der Waals surface area contributed by atoms with Gasteiger partial charge in [-0.3, -0.25) is 9.59 Å². The molecule has 2 amide bonds. The molecule has 192 valence electrons. The Bertz CT molecular complexity index is 1390. The van der Waals surface area contributed by atoms with Crippen LogP contribution >= 0.6 is 11.8 Å². The second-order valence-electron chi connectivity index (χ2n) is 8.48. The summed E-state index contributed by atoms with van der Waals surface area (Å²) in [4.78, 5) is 26.1. The lowest BCUT2D eigenvalue weighted by Crippen LogP contribution is -2.31. The monoisotopic (exact) mass is 524 g/mol. The molecule has 0 fully saturated rings. The van der Waals surface area contributed by atoms with Crippen LogP contribution in [0.4, 0.5) is 11.4 Å². The van der Waals surface area contributed by atoms with Gasteiger partial charge in [0.15, 0.2) is 0 Å². The maximum Gasteiger partial charge on any atom is 0.254 e. The highest BCUT2D eigenvalue weighted by Gasteiger charge is 2.34. The average molecular weight is 525 g/mol. The van der Waals surface area contributed by atoms with Gasteiger partial charge in [-0.25, -0.2) is 0 Å². The molecule has 0 unspecified atom stereocenters. The third-order valence-electron chi connectivity index (χ3n) is 5.85. The lowest BCUT2D eigenvalue weighted by Gasteiger charge is -2.29. The number of nitrogens with zero attached hydrogens (tertiary/aromatic N) is 1. The van der Waals surface area contributed by atoms with Gasteiger partial charge in [-0.2, -0.15) is 5.26 Å². The summed E-state index contributed by atoms with van der Waals surface area (Å²) in [7, 11) is 0. The fourth-order valence-electron chi connectivity index (χ4n) is 4.16. The van der Waals surface area contributed by atoms with Crippen molar-refractivity contribution in [2.45, 2.75) is 19.8 Å². The van der Waals surface area contributed by atoms with Crippen molar-refractivity contribution in [3.63, 3.8) is 0 Å². The van der Waals surface area contributed by atoms with E-state index in [0.29, 0.717) is 39.9 Å². The zero-order valence-electron chi connectivity index (χ0n) is 21.2. The minimum absolute atomic E-state index is 0.0844. The van der Waals surface area contributed by atoms with Crippen molar-refractivity contribution in [1.29, 1.82) is 5.26 Å². The normalized spacial score (nSPS) is 14.8. The fourth-order valence-corrected chi connectivity index (χ4v) is 5.05. The predicted octanol–water partition coefficient (Wildman–Crippen LogP) is 5.79. The Labute approximate surface area is 226 Å². The van der Waals surface area contributed by atoms with E-state index in [1.165, 1.54) is 11.8 Å². The molecule has 1 aliphatic rings. The number of amides is 2. The van der Waals surface area contributed by atoms with E-state index in [0.717, 1.165) is 11.3 Å². The van der Waals surface area contributed by atoms with E-state index in [-0.39, 0.29) is 17.6 Å². The molecule has 3 N–H and O–H groups in total. The van der Waals surface area contributed by atoms with Gasteiger partial charge in [0.05, 0.1) is 34.9 Å². The molecule has 1 aliphatic heterocycles. The number of anilines is 2. The van der Waals surface area contributed by atoms with Crippen molar-refractivity contribution in [1.82, 2.24) is 5.32 Å². The standard InChI is InChI=1S/C30H28N4O3S/c1-3-37-24-16-14-23(15-17-24)33-26(35)19-38-30-25(18-31)28(21-10-6-4-7-11-21)27(20(2)32-30)29(36)34-22-12-8-5-9-13-22/h4-17,28,32H,3,19H2,1-2H3,(H,33,35)(H,34,36)/t28-/m1/s1. The number of rotatable bonds is 9. The molecule has 0 aliphatic carbocycles. The number of para-hydroxylation sites is 1. The Morgan fingerprint density at radius 2 is 1.58 bits per heavy atom. The summed E-state index contributed by atoms with van der Waals surface area (Å²) in [6, 6.07) is 28.1. The van der Waals surface area contributed by atoms with E-state index in [9.17, 15) is 14.9 Å². The molecular formula is C30H28N4O3S. The fraction of sp³-hybridized carbons (Fsp3) is 0.167. The molecule has 0 aromatic heterocycles. The maximum absolute atomic E-state index is 13.4. The first-order valence-corrected chi connectivity index (χ1v) is 13.2. The number of hydrogen-bond donors (Lipinski definition) is 3. The third-order valence-corrected chi connectivity index (χ3v) is 6.87. The van der Waals surface area contributed by atoms with E-state index in [1.807, 2.05) is 74.5 Å². The second kappa shape index (κ2) is 12.7. The van der Waals surface area contributed by atoms with E-state index in [1.54, 1.807) is 24.3 Å². The number of nitriles is 1. The Hall–Kier alpha value is -4.48. The molecule has 1 heterocycles. The van der Waals surface area contributed by atoms with Crippen LogP contribution in [0.1, 0.15) is 25.3 Å². The lowest BCUT2D eigenvalue weighted by molar-refractivity contribution is -0.114. The van der Waals surface area contributed by atoms with Crippen LogP contribution in [0, 0.1) is 11.3 Å². The van der Waals surface area contributed by atoms with Crippen LogP contribution in [0.15, 0.2) is 107 Å². The summed E-state index contributed by atoms with van der Waals surface area (Å²) in [6.45, 7) is 4.29. The molecule has 3 aromatic rings. The molecule has 3 aromatic carbocycles. The van der Waals surface area contributed by atoms with Crippen LogP contribution in [0.25, 0.3) is 0 Å². The van der Waals surface area contributed by atoms with Gasteiger partial charge in [-0.05, 0) is 55.8 Å². The molecule has 0 radical (unpaired) electrons. The average Bonchev–Trinajstić information content (AvgIpc) is 2.93. The molecular weight excluding hydrogens is 496 g/mol. The van der Waals surface area contributed by atoms with Crippen molar-refractivity contribution in [3.8, 4) is 11.8 Å². The Morgan fingerprint density at radius 3 is 2.21 bits per heavy atom. The molecule has 1 atom stereocenters. The van der Waals surface area contributed by atoms with Crippen LogP contribution < -0.4 is 20.7 Å². The summed E-state index contributed by atoms with van der Waals surface area (Å²) >= 11 is 1.23. The van der Waals surface area contributed by atoms with Gasteiger partial charge in [0.25, 0.3) is 5.91 Å². The van der Waals surface area contributed by atoms with E-state index >= 15 is 0 Å². The van der Waals surface area contributed by atoms with Gasteiger partial charge in [-0.1, -0.05) is 60.3 Å². The van der Waals surface area contributed by atoms with E-state index in [2.05, 4.69) is 22.0 Å². The molecule has 38 heavy (non-hydrogen) atoms. The van der Waals surface area contributed by atoms with Crippen molar-refractivity contribution in [2.75, 3.05) is 23.0 Å². The minimum Gasteiger partial charge on any atom is -0.494 e. The second-order valence-corrected chi connectivity index (χ2v) is 9.46. The topological polar surface area (TPSA) is 103 Å². The van der Waals surface area contributed by atoms with Crippen molar-refractivity contribution in [2.24, 2.45) is 0 Å². The molecule has 8 heteroatoms. The maximum atomic E-state index is 13.4. The van der Waals surface area contributed by atoms with E-state index < -0.39 is 5.92 Å². The molecule has 0 saturated heterocycles. The zero-order valence-corrected chi connectivity index (χ0v) is 22.0. The number of carbonyl (C=O) groups excluding carboxylic acids is 2. The van der Waals surface area contributed by atoms with Crippen molar-refractivity contribution < 1.29 is 14.3 Å². The lowest BCUT2D eigenvalue weighted by atomic mass is 9.82. The van der Waals surface area contributed by atoms with Crippen LogP contribution in [-0.2, 0) is 9.59 Å². The number of allylic oxidation sites excluding steroid dienone is 2. The van der Waals surface area contributed by atoms with Gasteiger partial charge in [0.2, 0.25) is 5.91 Å². The summed E-state index contributed by atoms with van der Waals surface area (Å²) in [5, 5.41) is 19.8. The van der Waals surface area contributed by atoms with E-state index in [4.69, 9.17) is 4.74 Å². The van der Waals surface area contributed by atoms with Crippen LogP contribution in [-0.4, -0.2) is 24.2 Å². The number of nitrogens with one attached hydrogen (secondary N) is 3. The quantitative estimate of drug-likeness (QED) is 0.327. The largest absolute Gasteiger partial charge is 0.494 e. The number of benzene rings is 3. The van der Waals surface area contributed by atoms with Gasteiger partial charge in [-0.15, -0.1) is 0 Å². The number of thioether (sulfide) groups is 1. The Balaban J connectivity index is 1.55. The number of carbonyl (C=O) groups is 2. The summed E-state index contributed by atoms with van der Waals surface area (Å²) in [5.74, 6) is -0.267. The van der Waals surface area contributed by atoms with Gasteiger partial charge < -0.3 is 20.7 Å². The smallest absolute Gasteiger partial charge is 0.254 e. The summed E-state index contributed by atoms with van der Waals surface area (Å²) < 4.78 is 5.44. The molecule has 7 nitrogen and oxygen atoms in total. The number of hydrogen-bond acceptors (Lipinski definition) is 6. The highest BCUT2D eigenvalue weighted by atomic mass is 32.2. The minimum atomic E-state index is -0.581. The first-order chi connectivity index (χ1) is 18.5. The highest BCUT2D eigenvalue weighted by molar-refractivity contribution is 8.03. The third kappa shape index (κ3) is 6.44. The van der Waals surface area contributed by atoms with Crippen LogP contribution in [0.5, 0.6) is 5.75 Å². The Kier molecular flexibility index (Phi) is 8.85. The van der Waals surface area contributed by atoms with Gasteiger partial charge >= 0.3 is 0 Å². The molecule has 0 bridgehead atoms. The first kappa shape index (κ1) is 26.6. The SMILES string of the molecule is CCOc1ccc(NC(=O)CSC2=C(C#N)[C@@H](c3ccccc3)C(C(=O)Nc3ccccc3)=C(C)N2)cc1. The van der Waals surface area contributed by atoms with Gasteiger partial charge in [0, 0.05) is 22.6 Å². The summed E-state index contributed by atoms with van der Waals surface area (Å²) in [6.07, 6.45) is 0. The van der Waals surface area contributed by atoms with Crippen LogP contribution in [0.2, 0.25) is 0 Å². The van der Waals surface area contributed by atoms with Gasteiger partial charge in [0.1, 0.15) is 5.75 Å². The number of dihydropyridines is 1. The number of ether oxygens (including phenoxy) is 1. The first-order valence-electron chi connectivity index (χ1n) is 12.2. The zero-order chi connectivity index (χ0) is 26.9. The molecule has 4 rings (SSSR count). The predicted molar refractivity (Wildman–Crippen MR) is 151 cm³/mol.